The highest BCUT2D eigenvalue weighted by molar-refractivity contribution is 7.10. The van der Waals surface area contributed by atoms with E-state index in [0.29, 0.717) is 18.5 Å². The van der Waals surface area contributed by atoms with Gasteiger partial charge >= 0.3 is 0 Å². The lowest BCUT2D eigenvalue weighted by Gasteiger charge is -2.16. The largest absolute Gasteiger partial charge is 0.343 e. The first-order chi connectivity index (χ1) is 14.1. The minimum atomic E-state index is -0.207. The van der Waals surface area contributed by atoms with Crippen molar-refractivity contribution < 1.29 is 9.59 Å². The van der Waals surface area contributed by atoms with Gasteiger partial charge in [0, 0.05) is 48.4 Å². The normalized spacial score (nSPS) is 14.8. The molecular formula is C22H22N4O2S. The maximum Gasteiger partial charge on any atom is 0.251 e. The number of nitrogens with one attached hydrogen (secondary N) is 1. The minimum Gasteiger partial charge on any atom is -0.343 e. The van der Waals surface area contributed by atoms with Crippen LogP contribution < -0.4 is 5.32 Å². The van der Waals surface area contributed by atoms with Crippen molar-refractivity contribution in [3.8, 4) is 11.3 Å². The van der Waals surface area contributed by atoms with Crippen LogP contribution in [0.15, 0.2) is 54.2 Å². The topological polar surface area (TPSA) is 75.2 Å². The summed E-state index contributed by atoms with van der Waals surface area (Å²) >= 11 is 1.52. The van der Waals surface area contributed by atoms with Gasteiger partial charge in [-0.1, -0.05) is 12.1 Å². The van der Waals surface area contributed by atoms with E-state index in [0.717, 1.165) is 34.8 Å². The number of aromatic nitrogens is 2. The molecule has 4 rings (SSSR count). The standard InChI is InChI=1S/C22H22N4O2S/c1-15(22-25-19(14-29-22)18-7-3-9-23-12-18)24-21(28)17-6-2-5-16(11-17)13-26-10-4-8-20(26)27/h2-3,5-7,9,11-12,14-15H,4,8,10,13H2,1H3,(H,24,28). The average molecular weight is 407 g/mol. The summed E-state index contributed by atoms with van der Waals surface area (Å²) in [5, 5.41) is 5.84. The van der Waals surface area contributed by atoms with Gasteiger partial charge in [-0.05, 0) is 43.2 Å². The highest BCUT2D eigenvalue weighted by Gasteiger charge is 2.21. The highest BCUT2D eigenvalue weighted by Crippen LogP contribution is 2.25. The van der Waals surface area contributed by atoms with E-state index in [2.05, 4.69) is 15.3 Å². The van der Waals surface area contributed by atoms with E-state index >= 15 is 0 Å². The number of carbonyl (C=O) groups excluding carboxylic acids is 2. The van der Waals surface area contributed by atoms with E-state index in [-0.39, 0.29) is 17.9 Å². The second-order valence-electron chi connectivity index (χ2n) is 7.13. The zero-order valence-electron chi connectivity index (χ0n) is 16.2. The Bertz CT molecular complexity index is 1020. The molecule has 1 saturated heterocycles. The van der Waals surface area contributed by atoms with Crippen LogP contribution in [0.25, 0.3) is 11.3 Å². The molecule has 6 nitrogen and oxygen atoms in total. The molecule has 2 amide bonds. The lowest BCUT2D eigenvalue weighted by Crippen LogP contribution is -2.27. The Kier molecular flexibility index (Phi) is 5.67. The third-order valence-corrected chi connectivity index (χ3v) is 5.96. The molecule has 0 aliphatic carbocycles. The van der Waals surface area contributed by atoms with Gasteiger partial charge in [0.05, 0.1) is 11.7 Å². The maximum atomic E-state index is 12.7. The molecule has 2 aromatic heterocycles. The van der Waals surface area contributed by atoms with E-state index in [4.69, 9.17) is 0 Å². The number of hydrogen-bond donors (Lipinski definition) is 1. The Hall–Kier alpha value is -3.06. The molecule has 1 aromatic carbocycles. The smallest absolute Gasteiger partial charge is 0.251 e. The predicted molar refractivity (Wildman–Crippen MR) is 112 cm³/mol. The molecule has 0 spiro atoms. The van der Waals surface area contributed by atoms with Crippen LogP contribution >= 0.6 is 11.3 Å². The average Bonchev–Trinajstić information content (AvgIpc) is 3.39. The molecule has 7 heteroatoms. The van der Waals surface area contributed by atoms with Gasteiger partial charge in [0.2, 0.25) is 5.91 Å². The van der Waals surface area contributed by atoms with Crippen molar-refractivity contribution in [3.63, 3.8) is 0 Å². The molecule has 1 unspecified atom stereocenters. The first-order valence-corrected chi connectivity index (χ1v) is 10.5. The summed E-state index contributed by atoms with van der Waals surface area (Å²) in [7, 11) is 0. The van der Waals surface area contributed by atoms with Crippen LogP contribution in [0, 0.1) is 0 Å². The van der Waals surface area contributed by atoms with Crippen LogP contribution in [-0.4, -0.2) is 33.2 Å². The lowest BCUT2D eigenvalue weighted by atomic mass is 10.1. The number of thiazole rings is 1. The molecule has 3 heterocycles. The zero-order valence-corrected chi connectivity index (χ0v) is 17.0. The Balaban J connectivity index is 1.42. The van der Waals surface area contributed by atoms with E-state index in [1.54, 1.807) is 18.5 Å². The van der Waals surface area contributed by atoms with E-state index in [1.807, 2.05) is 47.5 Å². The number of pyridine rings is 1. The fourth-order valence-corrected chi connectivity index (χ4v) is 4.21. The van der Waals surface area contributed by atoms with E-state index in [9.17, 15) is 9.59 Å². The molecule has 0 radical (unpaired) electrons. The van der Waals surface area contributed by atoms with Crippen molar-refractivity contribution >= 4 is 23.2 Å². The van der Waals surface area contributed by atoms with Crippen molar-refractivity contribution in [2.45, 2.75) is 32.4 Å². The summed E-state index contributed by atoms with van der Waals surface area (Å²) in [4.78, 5) is 35.2. The second kappa shape index (κ2) is 8.53. The molecule has 1 aliphatic heterocycles. The van der Waals surface area contributed by atoms with Gasteiger partial charge in [-0.2, -0.15) is 0 Å². The Morgan fingerprint density at radius 2 is 2.21 bits per heavy atom. The molecule has 1 atom stereocenters. The van der Waals surface area contributed by atoms with Gasteiger partial charge in [-0.25, -0.2) is 4.98 Å². The van der Waals surface area contributed by atoms with E-state index < -0.39 is 0 Å². The summed E-state index contributed by atoms with van der Waals surface area (Å²) in [6, 6.07) is 11.1. The summed E-state index contributed by atoms with van der Waals surface area (Å²) in [6.45, 7) is 3.27. The van der Waals surface area contributed by atoms with Crippen molar-refractivity contribution in [1.82, 2.24) is 20.2 Å². The predicted octanol–water partition coefficient (Wildman–Crippen LogP) is 3.82. The fourth-order valence-electron chi connectivity index (χ4n) is 3.38. The molecule has 29 heavy (non-hydrogen) atoms. The molecule has 0 saturated carbocycles. The molecule has 1 fully saturated rings. The number of benzene rings is 1. The van der Waals surface area contributed by atoms with Crippen LogP contribution in [0.2, 0.25) is 0 Å². The SMILES string of the molecule is CC(NC(=O)c1cccc(CN2CCCC2=O)c1)c1nc(-c2cccnc2)cs1. The third-order valence-electron chi connectivity index (χ3n) is 4.93. The zero-order chi connectivity index (χ0) is 20.2. The van der Waals surface area contributed by atoms with Crippen molar-refractivity contribution in [2.24, 2.45) is 0 Å². The van der Waals surface area contributed by atoms with E-state index in [1.165, 1.54) is 11.3 Å². The maximum absolute atomic E-state index is 12.7. The Morgan fingerprint density at radius 1 is 1.31 bits per heavy atom. The van der Waals surface area contributed by atoms with Crippen LogP contribution in [0.5, 0.6) is 0 Å². The first kappa shape index (κ1) is 19.3. The van der Waals surface area contributed by atoms with Crippen LogP contribution in [0.1, 0.15) is 46.7 Å². The molecule has 0 bridgehead atoms. The fraction of sp³-hybridized carbons (Fsp3) is 0.273. The van der Waals surface area contributed by atoms with Gasteiger partial charge in [0.25, 0.3) is 5.91 Å². The lowest BCUT2D eigenvalue weighted by molar-refractivity contribution is -0.128. The molecule has 148 valence electrons. The third kappa shape index (κ3) is 4.51. The van der Waals surface area contributed by atoms with Crippen LogP contribution in [-0.2, 0) is 11.3 Å². The summed E-state index contributed by atoms with van der Waals surface area (Å²) in [6.07, 6.45) is 5.03. The van der Waals surface area contributed by atoms with Gasteiger partial charge in [0.15, 0.2) is 0 Å². The van der Waals surface area contributed by atoms with Crippen molar-refractivity contribution in [3.05, 3.63) is 70.3 Å². The highest BCUT2D eigenvalue weighted by atomic mass is 32.1. The van der Waals surface area contributed by atoms with Gasteiger partial charge < -0.3 is 10.2 Å². The number of carbonyl (C=O) groups is 2. The number of nitrogens with zero attached hydrogens (tertiary/aromatic N) is 3. The van der Waals surface area contributed by atoms with Crippen LogP contribution in [0.3, 0.4) is 0 Å². The van der Waals surface area contributed by atoms with Crippen molar-refractivity contribution in [2.75, 3.05) is 6.54 Å². The molecule has 1 aliphatic rings. The summed E-state index contributed by atoms with van der Waals surface area (Å²) < 4.78 is 0. The number of hydrogen-bond acceptors (Lipinski definition) is 5. The molecular weight excluding hydrogens is 384 g/mol. The first-order valence-electron chi connectivity index (χ1n) is 9.63. The Labute approximate surface area is 173 Å². The number of rotatable bonds is 6. The monoisotopic (exact) mass is 406 g/mol. The molecule has 3 aromatic rings. The number of amides is 2. The van der Waals surface area contributed by atoms with Crippen LogP contribution in [0.4, 0.5) is 0 Å². The second-order valence-corrected chi connectivity index (χ2v) is 8.02. The summed E-state index contributed by atoms with van der Waals surface area (Å²) in [5.74, 6) is 0.0342. The minimum absolute atomic E-state index is 0.148. The van der Waals surface area contributed by atoms with Gasteiger partial charge in [0.1, 0.15) is 5.01 Å². The Morgan fingerprint density at radius 3 is 2.97 bits per heavy atom. The number of likely N-dealkylation sites (tertiary alicyclic amines) is 1. The summed E-state index contributed by atoms with van der Waals surface area (Å²) in [5.41, 5.74) is 3.37. The van der Waals surface area contributed by atoms with Gasteiger partial charge in [-0.3, -0.25) is 14.6 Å². The van der Waals surface area contributed by atoms with Gasteiger partial charge in [-0.15, -0.1) is 11.3 Å². The quantitative estimate of drug-likeness (QED) is 0.675. The van der Waals surface area contributed by atoms with Crippen molar-refractivity contribution in [1.29, 1.82) is 0 Å². The molecule has 1 N–H and O–H groups in total.